The molecule has 1 aliphatic carbocycles. The van der Waals surface area contributed by atoms with E-state index in [0.29, 0.717) is 0 Å². The van der Waals surface area contributed by atoms with Gasteiger partial charge in [0, 0.05) is 0 Å². The molecule has 30 heavy (non-hydrogen) atoms. The minimum Gasteiger partial charge on any atom is -0.0654 e. The fourth-order valence-corrected chi connectivity index (χ4v) is 4.99. The Labute approximate surface area is 183 Å². The second-order valence-electron chi connectivity index (χ2n) is 8.87. The van der Waals surface area contributed by atoms with Crippen LogP contribution < -0.4 is 0 Å². The van der Waals surface area contributed by atoms with E-state index in [0.717, 1.165) is 0 Å². The quantitative estimate of drug-likeness (QED) is 0.251. The zero-order chi connectivity index (χ0) is 20.9. The second kappa shape index (κ2) is 9.65. The van der Waals surface area contributed by atoms with E-state index in [2.05, 4.69) is 75.4 Å². The van der Waals surface area contributed by atoms with Crippen molar-refractivity contribution in [3.05, 3.63) is 71.3 Å². The third-order valence-electron chi connectivity index (χ3n) is 6.60. The normalized spacial score (nSPS) is 11.7. The van der Waals surface area contributed by atoms with Crippen molar-refractivity contribution < 1.29 is 0 Å². The molecule has 3 aromatic carbocycles. The summed E-state index contributed by atoms with van der Waals surface area (Å²) in [5.74, 6) is 0. The molecule has 0 heterocycles. The first-order valence-corrected chi connectivity index (χ1v) is 12.2. The molecule has 0 bridgehead atoms. The number of unbranched alkanes of at least 4 members (excludes halogenated alkanes) is 3. The summed E-state index contributed by atoms with van der Waals surface area (Å²) >= 11 is 0. The van der Waals surface area contributed by atoms with Crippen molar-refractivity contribution in [2.75, 3.05) is 0 Å². The fraction of sp³-hybridized carbons (Fsp3) is 0.400. The van der Waals surface area contributed by atoms with Crippen molar-refractivity contribution in [1.29, 1.82) is 0 Å². The van der Waals surface area contributed by atoms with Crippen LogP contribution in [0, 0.1) is 0 Å². The van der Waals surface area contributed by atoms with E-state index in [9.17, 15) is 0 Å². The molecule has 0 atom stereocenters. The molecule has 0 amide bonds. The molecule has 156 valence electrons. The molecule has 0 aromatic heterocycles. The number of fused-ring (bicyclic) bond motifs is 4. The van der Waals surface area contributed by atoms with Gasteiger partial charge in [-0.1, -0.05) is 94.6 Å². The van der Waals surface area contributed by atoms with Crippen LogP contribution in [0.3, 0.4) is 0 Å². The summed E-state index contributed by atoms with van der Waals surface area (Å²) < 4.78 is 0. The highest BCUT2D eigenvalue weighted by atomic mass is 14.3. The molecular formula is C30H36. The largest absolute Gasteiger partial charge is 0.0654 e. The summed E-state index contributed by atoms with van der Waals surface area (Å²) in [6.45, 7) is 6.92. The summed E-state index contributed by atoms with van der Waals surface area (Å²) in [4.78, 5) is 0. The van der Waals surface area contributed by atoms with E-state index in [1.807, 2.05) is 0 Å². The number of rotatable bonds is 10. The van der Waals surface area contributed by atoms with E-state index < -0.39 is 0 Å². The molecule has 0 unspecified atom stereocenters. The van der Waals surface area contributed by atoms with Crippen molar-refractivity contribution in [2.45, 2.75) is 78.6 Å². The molecule has 0 N–H and O–H groups in total. The van der Waals surface area contributed by atoms with Gasteiger partial charge >= 0.3 is 0 Å². The van der Waals surface area contributed by atoms with Gasteiger partial charge in [0.1, 0.15) is 0 Å². The van der Waals surface area contributed by atoms with Gasteiger partial charge in [0.05, 0.1) is 0 Å². The average Bonchev–Trinajstić information content (AvgIpc) is 2.77. The molecule has 0 aliphatic heterocycles. The van der Waals surface area contributed by atoms with Crippen LogP contribution in [-0.2, 0) is 19.3 Å². The maximum atomic E-state index is 2.54. The molecule has 4 rings (SSSR count). The first-order chi connectivity index (χ1) is 14.8. The third kappa shape index (κ3) is 3.97. The number of aryl methyl sites for hydroxylation is 3. The molecule has 0 nitrogen and oxygen atoms in total. The van der Waals surface area contributed by atoms with Crippen LogP contribution in [0.15, 0.2) is 54.6 Å². The van der Waals surface area contributed by atoms with Crippen LogP contribution in [0.4, 0.5) is 0 Å². The molecule has 0 saturated heterocycles. The van der Waals surface area contributed by atoms with E-state index in [4.69, 9.17) is 0 Å². The van der Waals surface area contributed by atoms with E-state index in [-0.39, 0.29) is 0 Å². The Bertz CT molecular complexity index is 979. The van der Waals surface area contributed by atoms with Gasteiger partial charge in [-0.25, -0.2) is 0 Å². The monoisotopic (exact) mass is 396 g/mol. The molecule has 0 spiro atoms. The molecule has 0 fully saturated rings. The fourth-order valence-electron chi connectivity index (χ4n) is 4.99. The summed E-state index contributed by atoms with van der Waals surface area (Å²) in [5.41, 5.74) is 13.5. The highest BCUT2D eigenvalue weighted by Crippen LogP contribution is 2.52. The molecule has 0 heteroatoms. The highest BCUT2D eigenvalue weighted by Gasteiger charge is 2.26. The molecule has 1 aliphatic rings. The van der Waals surface area contributed by atoms with E-state index in [1.54, 1.807) is 22.3 Å². The lowest BCUT2D eigenvalue weighted by molar-refractivity contribution is 0.768. The Morgan fingerprint density at radius 3 is 1.67 bits per heavy atom. The van der Waals surface area contributed by atoms with Crippen LogP contribution in [0.5, 0.6) is 0 Å². The van der Waals surface area contributed by atoms with Crippen LogP contribution in [0.1, 0.15) is 76.0 Å². The maximum absolute atomic E-state index is 2.54. The molecular weight excluding hydrogens is 360 g/mol. The van der Waals surface area contributed by atoms with Crippen LogP contribution in [0.25, 0.3) is 33.4 Å². The lowest BCUT2D eigenvalue weighted by atomic mass is 9.74. The lowest BCUT2D eigenvalue weighted by Crippen LogP contribution is -2.05. The highest BCUT2D eigenvalue weighted by molar-refractivity contribution is 6.09. The summed E-state index contributed by atoms with van der Waals surface area (Å²) in [7, 11) is 0. The first kappa shape index (κ1) is 20.9. The Kier molecular flexibility index (Phi) is 6.72. The van der Waals surface area contributed by atoms with Gasteiger partial charge in [0.25, 0.3) is 0 Å². The van der Waals surface area contributed by atoms with Crippen molar-refractivity contribution in [2.24, 2.45) is 0 Å². The van der Waals surface area contributed by atoms with Gasteiger partial charge in [-0.3, -0.25) is 0 Å². The Morgan fingerprint density at radius 2 is 1.03 bits per heavy atom. The number of hydrogen-bond acceptors (Lipinski definition) is 0. The minimum absolute atomic E-state index is 1.19. The average molecular weight is 397 g/mol. The van der Waals surface area contributed by atoms with Gasteiger partial charge in [-0.2, -0.15) is 0 Å². The number of benzene rings is 3. The van der Waals surface area contributed by atoms with Gasteiger partial charge in [0.15, 0.2) is 0 Å². The van der Waals surface area contributed by atoms with Crippen molar-refractivity contribution in [3.8, 4) is 33.4 Å². The van der Waals surface area contributed by atoms with Gasteiger partial charge in [-0.15, -0.1) is 0 Å². The predicted octanol–water partition coefficient (Wildman–Crippen LogP) is 9.03. The Hall–Kier alpha value is -2.34. The topological polar surface area (TPSA) is 0 Å². The first-order valence-electron chi connectivity index (χ1n) is 12.2. The molecule has 0 saturated carbocycles. The zero-order valence-electron chi connectivity index (χ0n) is 19.1. The van der Waals surface area contributed by atoms with Gasteiger partial charge in [-0.05, 0) is 88.6 Å². The molecule has 0 radical (unpaired) electrons. The van der Waals surface area contributed by atoms with Crippen LogP contribution in [0.2, 0.25) is 0 Å². The second-order valence-corrected chi connectivity index (χ2v) is 8.87. The Balaban J connectivity index is 1.87. The summed E-state index contributed by atoms with van der Waals surface area (Å²) in [6, 6.07) is 20.9. The van der Waals surface area contributed by atoms with Crippen molar-refractivity contribution >= 4 is 0 Å². The standard InChI is InChI=1S/C30H36/c1-4-7-13-22-20-23(14-8-5-2)29(24(21-22)15-9-6-3)28-19-12-18-27-25-16-10-11-17-26(25)30(27)28/h10-12,16-21H,4-9,13-15H2,1-3H3. The minimum atomic E-state index is 1.19. The summed E-state index contributed by atoms with van der Waals surface area (Å²) in [6.07, 6.45) is 11.2. The van der Waals surface area contributed by atoms with Gasteiger partial charge in [0.2, 0.25) is 0 Å². The maximum Gasteiger partial charge on any atom is -0.00202 e. The zero-order valence-corrected chi connectivity index (χ0v) is 19.1. The smallest absolute Gasteiger partial charge is 0.00202 e. The lowest BCUT2D eigenvalue weighted by Gasteiger charge is -2.29. The number of hydrogen-bond donors (Lipinski definition) is 0. The predicted molar refractivity (Wildman–Crippen MR) is 132 cm³/mol. The molecule has 3 aromatic rings. The van der Waals surface area contributed by atoms with Crippen LogP contribution >= 0.6 is 0 Å². The van der Waals surface area contributed by atoms with Crippen LogP contribution in [-0.4, -0.2) is 0 Å². The van der Waals surface area contributed by atoms with Gasteiger partial charge < -0.3 is 0 Å². The van der Waals surface area contributed by atoms with E-state index >= 15 is 0 Å². The summed E-state index contributed by atoms with van der Waals surface area (Å²) in [5, 5.41) is 0. The SMILES string of the molecule is CCCCc1cc(CCCC)c(-c2cccc3c2-c2ccccc2-3)c(CCCC)c1. The van der Waals surface area contributed by atoms with Crippen molar-refractivity contribution in [3.63, 3.8) is 0 Å². The van der Waals surface area contributed by atoms with E-state index in [1.165, 1.54) is 85.6 Å². The Morgan fingerprint density at radius 1 is 0.500 bits per heavy atom. The van der Waals surface area contributed by atoms with Crippen molar-refractivity contribution in [1.82, 2.24) is 0 Å². The third-order valence-corrected chi connectivity index (χ3v) is 6.60.